The van der Waals surface area contributed by atoms with Crippen LogP contribution in [0.1, 0.15) is 19.5 Å². The van der Waals surface area contributed by atoms with E-state index in [9.17, 15) is 4.79 Å². The minimum atomic E-state index is -0.185. The lowest BCUT2D eigenvalue weighted by Gasteiger charge is -2.18. The first-order valence-corrected chi connectivity index (χ1v) is 6.90. The Kier molecular flexibility index (Phi) is 4.35. The van der Waals surface area contributed by atoms with Gasteiger partial charge in [0.25, 0.3) is 0 Å². The van der Waals surface area contributed by atoms with Crippen molar-refractivity contribution < 1.29 is 4.79 Å². The van der Waals surface area contributed by atoms with Gasteiger partial charge in [-0.3, -0.25) is 9.78 Å². The number of carbonyl (C=O) groups is 1. The van der Waals surface area contributed by atoms with Crippen LogP contribution in [0.3, 0.4) is 0 Å². The maximum absolute atomic E-state index is 12.3. The molecule has 2 aromatic rings. The molecular formula is C16H21N3O. The molecule has 106 valence electrons. The lowest BCUT2D eigenvalue weighted by Crippen LogP contribution is -2.33. The molecule has 4 nitrogen and oxygen atoms in total. The number of benzene rings is 1. The average Bonchev–Trinajstić information content (AvgIpc) is 2.39. The lowest BCUT2D eigenvalue weighted by molar-refractivity contribution is -0.120. The van der Waals surface area contributed by atoms with E-state index in [-0.39, 0.29) is 17.7 Å². The smallest absolute Gasteiger partial charge is 0.229 e. The van der Waals surface area contributed by atoms with E-state index in [1.165, 1.54) is 0 Å². The van der Waals surface area contributed by atoms with Crippen LogP contribution in [0, 0.1) is 18.8 Å². The molecule has 0 aliphatic heterocycles. The number of para-hydroxylation sites is 1. The molecule has 20 heavy (non-hydrogen) atoms. The maximum atomic E-state index is 12.3. The van der Waals surface area contributed by atoms with Gasteiger partial charge in [0, 0.05) is 17.6 Å². The van der Waals surface area contributed by atoms with Crippen LogP contribution in [0.15, 0.2) is 30.3 Å². The van der Waals surface area contributed by atoms with Gasteiger partial charge in [-0.25, -0.2) is 0 Å². The van der Waals surface area contributed by atoms with Crippen LogP contribution in [0.25, 0.3) is 10.9 Å². The van der Waals surface area contributed by atoms with Crippen molar-refractivity contribution in [3.63, 3.8) is 0 Å². The molecule has 1 aromatic heterocycles. The monoisotopic (exact) mass is 271 g/mol. The summed E-state index contributed by atoms with van der Waals surface area (Å²) in [5.41, 5.74) is 8.18. The van der Waals surface area contributed by atoms with Gasteiger partial charge in [-0.1, -0.05) is 32.0 Å². The van der Waals surface area contributed by atoms with E-state index in [2.05, 4.69) is 10.3 Å². The van der Waals surface area contributed by atoms with Crippen LogP contribution in [0.4, 0.5) is 5.69 Å². The molecule has 1 atom stereocenters. The van der Waals surface area contributed by atoms with Crippen LogP contribution in [0.5, 0.6) is 0 Å². The third-order valence-electron chi connectivity index (χ3n) is 3.51. The topological polar surface area (TPSA) is 68.0 Å². The van der Waals surface area contributed by atoms with Crippen LogP contribution in [-0.4, -0.2) is 17.4 Å². The van der Waals surface area contributed by atoms with Crippen LogP contribution in [-0.2, 0) is 4.79 Å². The minimum Gasteiger partial charge on any atom is -0.330 e. The molecule has 1 aromatic carbocycles. The van der Waals surface area contributed by atoms with E-state index in [0.717, 1.165) is 22.3 Å². The Morgan fingerprint density at radius 1 is 1.30 bits per heavy atom. The van der Waals surface area contributed by atoms with E-state index >= 15 is 0 Å². The summed E-state index contributed by atoms with van der Waals surface area (Å²) in [4.78, 5) is 16.8. The number of nitrogens with two attached hydrogens (primary N) is 1. The number of hydrogen-bond donors (Lipinski definition) is 2. The number of nitrogens with zero attached hydrogens (tertiary/aromatic N) is 1. The van der Waals surface area contributed by atoms with Crippen molar-refractivity contribution in [2.75, 3.05) is 11.9 Å². The van der Waals surface area contributed by atoms with Crippen LogP contribution < -0.4 is 11.1 Å². The summed E-state index contributed by atoms with van der Waals surface area (Å²) in [6.45, 7) is 6.29. The van der Waals surface area contributed by atoms with E-state index < -0.39 is 0 Å². The van der Waals surface area contributed by atoms with Gasteiger partial charge in [-0.2, -0.15) is 0 Å². The van der Waals surface area contributed by atoms with Crippen LogP contribution in [0.2, 0.25) is 0 Å². The molecule has 2 rings (SSSR count). The average molecular weight is 271 g/mol. The molecule has 0 spiro atoms. The Hall–Kier alpha value is -1.94. The summed E-state index contributed by atoms with van der Waals surface area (Å²) < 4.78 is 0. The molecule has 0 aliphatic carbocycles. The SMILES string of the molecule is Cc1ccc2cccc(NC(=O)C(CN)C(C)C)c2n1. The summed E-state index contributed by atoms with van der Waals surface area (Å²) >= 11 is 0. The van der Waals surface area contributed by atoms with Crippen molar-refractivity contribution >= 4 is 22.5 Å². The van der Waals surface area contributed by atoms with Gasteiger partial charge in [0.1, 0.15) is 0 Å². The zero-order valence-electron chi connectivity index (χ0n) is 12.2. The number of aromatic nitrogens is 1. The fourth-order valence-electron chi connectivity index (χ4n) is 2.25. The summed E-state index contributed by atoms with van der Waals surface area (Å²) in [7, 11) is 0. The van der Waals surface area contributed by atoms with Gasteiger partial charge >= 0.3 is 0 Å². The summed E-state index contributed by atoms with van der Waals surface area (Å²) in [6.07, 6.45) is 0. The Bertz CT molecular complexity index is 622. The molecule has 0 saturated heterocycles. The first-order valence-electron chi connectivity index (χ1n) is 6.90. The number of hydrogen-bond acceptors (Lipinski definition) is 3. The fraction of sp³-hybridized carbons (Fsp3) is 0.375. The highest BCUT2D eigenvalue weighted by molar-refractivity contribution is 6.01. The number of pyridine rings is 1. The molecule has 0 radical (unpaired) electrons. The van der Waals surface area contributed by atoms with Gasteiger partial charge < -0.3 is 11.1 Å². The van der Waals surface area contributed by atoms with Crippen molar-refractivity contribution in [3.05, 3.63) is 36.0 Å². The van der Waals surface area contributed by atoms with Gasteiger partial charge in [0.2, 0.25) is 5.91 Å². The number of carbonyl (C=O) groups excluding carboxylic acids is 1. The lowest BCUT2D eigenvalue weighted by atomic mass is 9.95. The number of anilines is 1. The van der Waals surface area contributed by atoms with Crippen LogP contribution >= 0.6 is 0 Å². The summed E-state index contributed by atoms with van der Waals surface area (Å²) in [5.74, 6) is -0.0157. The van der Waals surface area contributed by atoms with E-state index in [1.54, 1.807) is 0 Å². The molecule has 4 heteroatoms. The number of fused-ring (bicyclic) bond motifs is 1. The van der Waals surface area contributed by atoms with Gasteiger partial charge in [-0.15, -0.1) is 0 Å². The molecule has 1 heterocycles. The Morgan fingerprint density at radius 3 is 2.70 bits per heavy atom. The maximum Gasteiger partial charge on any atom is 0.229 e. The van der Waals surface area contributed by atoms with Crippen molar-refractivity contribution in [1.29, 1.82) is 0 Å². The zero-order chi connectivity index (χ0) is 14.7. The normalized spacial score (nSPS) is 12.7. The second-order valence-corrected chi connectivity index (χ2v) is 5.41. The molecule has 1 unspecified atom stereocenters. The fourth-order valence-corrected chi connectivity index (χ4v) is 2.25. The molecule has 0 saturated carbocycles. The first-order chi connectivity index (χ1) is 9.52. The van der Waals surface area contributed by atoms with Crippen molar-refractivity contribution in [2.45, 2.75) is 20.8 Å². The largest absolute Gasteiger partial charge is 0.330 e. The first kappa shape index (κ1) is 14.5. The molecule has 0 bridgehead atoms. The van der Waals surface area contributed by atoms with Crippen molar-refractivity contribution in [2.24, 2.45) is 17.6 Å². The quantitative estimate of drug-likeness (QED) is 0.898. The van der Waals surface area contributed by atoms with E-state index in [4.69, 9.17) is 5.73 Å². The zero-order valence-corrected chi connectivity index (χ0v) is 12.2. The van der Waals surface area contributed by atoms with E-state index in [1.807, 2.05) is 51.1 Å². The second kappa shape index (κ2) is 6.01. The number of rotatable bonds is 4. The highest BCUT2D eigenvalue weighted by atomic mass is 16.1. The molecule has 1 amide bonds. The van der Waals surface area contributed by atoms with Crippen molar-refractivity contribution in [1.82, 2.24) is 4.98 Å². The number of aryl methyl sites for hydroxylation is 1. The Labute approximate surface area is 119 Å². The number of nitrogens with one attached hydrogen (secondary N) is 1. The predicted molar refractivity (Wildman–Crippen MR) is 82.5 cm³/mol. The number of amides is 1. The predicted octanol–water partition coefficient (Wildman–Crippen LogP) is 2.71. The minimum absolute atomic E-state index is 0.0432. The highest BCUT2D eigenvalue weighted by Gasteiger charge is 2.21. The molecule has 3 N–H and O–H groups in total. The highest BCUT2D eigenvalue weighted by Crippen LogP contribution is 2.23. The van der Waals surface area contributed by atoms with E-state index in [0.29, 0.717) is 6.54 Å². The third-order valence-corrected chi connectivity index (χ3v) is 3.51. The molecule has 0 aliphatic rings. The summed E-state index contributed by atoms with van der Waals surface area (Å²) in [6, 6.07) is 9.75. The van der Waals surface area contributed by atoms with Gasteiger partial charge in [0.05, 0.1) is 17.1 Å². The summed E-state index contributed by atoms with van der Waals surface area (Å²) in [5, 5.41) is 3.98. The Morgan fingerprint density at radius 2 is 2.05 bits per heavy atom. The standard InChI is InChI=1S/C16H21N3O/c1-10(2)13(9-17)16(20)19-14-6-4-5-12-8-7-11(3)18-15(12)14/h4-8,10,13H,9,17H2,1-3H3,(H,19,20). The van der Waals surface area contributed by atoms with Gasteiger partial charge in [-0.05, 0) is 25.0 Å². The third kappa shape index (κ3) is 2.96. The Balaban J connectivity index is 2.34. The van der Waals surface area contributed by atoms with Crippen molar-refractivity contribution in [3.8, 4) is 0 Å². The van der Waals surface area contributed by atoms with Gasteiger partial charge in [0.15, 0.2) is 0 Å². The molecular weight excluding hydrogens is 250 g/mol. The second-order valence-electron chi connectivity index (χ2n) is 5.41. The molecule has 0 fully saturated rings.